The van der Waals surface area contributed by atoms with Crippen LogP contribution in [0.2, 0.25) is 0 Å². The molecule has 2 fully saturated rings. The van der Waals surface area contributed by atoms with Crippen molar-refractivity contribution in [3.8, 4) is 11.5 Å². The molecular formula is C35H48CoN2O6. The first-order valence-electron chi connectivity index (χ1n) is 14.8. The summed E-state index contributed by atoms with van der Waals surface area (Å²) in [5.74, 6) is -0.909. The van der Waals surface area contributed by atoms with E-state index in [4.69, 9.17) is 29.8 Å². The number of hydrogen-bond donors (Lipinski definition) is 2. The molecule has 0 aromatic heterocycles. The number of hydrogen-bond acceptors (Lipinski definition) is 8. The molecule has 2 aromatic rings. The number of rotatable bonds is 4. The maximum Gasteiger partial charge on any atom is 2.00 e. The summed E-state index contributed by atoms with van der Waals surface area (Å²) in [6.07, 6.45) is 8.01. The number of carbonyl (C=O) groups excluding carboxylic acids is 2. The van der Waals surface area contributed by atoms with Crippen LogP contribution in [0.5, 0.6) is 11.5 Å². The van der Waals surface area contributed by atoms with Crippen molar-refractivity contribution in [2.45, 2.75) is 117 Å². The van der Waals surface area contributed by atoms with Crippen molar-refractivity contribution in [3.05, 3.63) is 57.6 Å². The summed E-state index contributed by atoms with van der Waals surface area (Å²) >= 11 is 0. The van der Waals surface area contributed by atoms with E-state index in [-0.39, 0.29) is 39.2 Å². The van der Waals surface area contributed by atoms with Crippen LogP contribution in [0.3, 0.4) is 0 Å². The van der Waals surface area contributed by atoms with Gasteiger partial charge in [-0.1, -0.05) is 53.7 Å². The number of aromatic hydroxyl groups is 2. The Morgan fingerprint density at radius 3 is 1.64 bits per heavy atom. The minimum Gasteiger partial charge on any atom is -0.550 e. The van der Waals surface area contributed by atoms with Crippen LogP contribution in [0.15, 0.2) is 34.3 Å². The molecule has 9 heteroatoms. The largest absolute Gasteiger partial charge is 2.00 e. The van der Waals surface area contributed by atoms with Gasteiger partial charge in [0.25, 0.3) is 0 Å². The molecule has 0 heterocycles. The molecule has 2 saturated carbocycles. The topological polar surface area (TPSA) is 145 Å². The second kappa shape index (κ2) is 15.2. The normalized spacial score (nSPS) is 20.9. The van der Waals surface area contributed by atoms with Crippen molar-refractivity contribution in [3.63, 3.8) is 0 Å². The van der Waals surface area contributed by atoms with Crippen LogP contribution < -0.4 is 10.2 Å². The van der Waals surface area contributed by atoms with Crippen LogP contribution in [0.25, 0.3) is 0 Å². The molecule has 3 unspecified atom stereocenters. The van der Waals surface area contributed by atoms with E-state index in [2.05, 4.69) is 65.8 Å². The van der Waals surface area contributed by atoms with Gasteiger partial charge in [0.15, 0.2) is 0 Å². The zero-order valence-corrected chi connectivity index (χ0v) is 28.7. The van der Waals surface area contributed by atoms with Crippen molar-refractivity contribution >= 4 is 24.4 Å². The molecule has 243 valence electrons. The van der Waals surface area contributed by atoms with E-state index < -0.39 is 11.9 Å². The van der Waals surface area contributed by atoms with Gasteiger partial charge in [-0.15, -0.1) is 0 Å². The van der Waals surface area contributed by atoms with Crippen molar-refractivity contribution in [2.75, 3.05) is 0 Å². The minimum atomic E-state index is -1.08. The maximum absolute atomic E-state index is 10.7. The summed E-state index contributed by atoms with van der Waals surface area (Å²) in [4.78, 5) is 27.9. The van der Waals surface area contributed by atoms with E-state index in [1.165, 1.54) is 17.5 Å². The summed E-state index contributed by atoms with van der Waals surface area (Å²) in [6.45, 7) is 19.0. The smallest absolute Gasteiger partial charge is 0.550 e. The summed E-state index contributed by atoms with van der Waals surface area (Å²) in [5.41, 5.74) is 5.49. The van der Waals surface area contributed by atoms with Gasteiger partial charge in [0, 0.05) is 35.5 Å². The van der Waals surface area contributed by atoms with Gasteiger partial charge >= 0.3 is 16.8 Å². The predicted octanol–water partition coefficient (Wildman–Crippen LogP) is 4.67. The number of phenolic OH excluding ortho intramolecular Hbond substituents is 2. The molecule has 2 N–H and O–H groups in total. The van der Waals surface area contributed by atoms with Gasteiger partial charge < -0.3 is 30.0 Å². The van der Waals surface area contributed by atoms with E-state index in [0.717, 1.165) is 55.4 Å². The van der Waals surface area contributed by atoms with E-state index in [0.29, 0.717) is 17.4 Å². The third kappa shape index (κ3) is 10.5. The Balaban J connectivity index is 0.000000962. The molecule has 2 aliphatic rings. The monoisotopic (exact) mass is 651 g/mol. The number of phenols is 2. The van der Waals surface area contributed by atoms with Crippen LogP contribution in [-0.4, -0.2) is 46.2 Å². The first kappa shape index (κ1) is 38.9. The molecule has 3 atom stereocenters. The van der Waals surface area contributed by atoms with Crippen LogP contribution in [0.4, 0.5) is 0 Å². The summed E-state index contributed by atoms with van der Waals surface area (Å²) in [6, 6.07) is 8.36. The van der Waals surface area contributed by atoms with Gasteiger partial charge in [-0.05, 0) is 105 Å². The minimum absolute atomic E-state index is 0. The summed E-state index contributed by atoms with van der Waals surface area (Å²) in [5, 5.41) is 39.2. The molecule has 0 spiro atoms. The Labute approximate surface area is 272 Å². The Hall–Kier alpha value is -3.17. The third-order valence-electron chi connectivity index (χ3n) is 8.05. The van der Waals surface area contributed by atoms with Gasteiger partial charge in [0.05, 0.1) is 11.6 Å². The van der Waals surface area contributed by atoms with E-state index >= 15 is 0 Å². The first-order chi connectivity index (χ1) is 19.7. The number of benzene rings is 2. The van der Waals surface area contributed by atoms with Crippen molar-refractivity contribution in [1.82, 2.24) is 0 Å². The van der Waals surface area contributed by atoms with Gasteiger partial charge in [-0.2, -0.15) is 0 Å². The van der Waals surface area contributed by atoms with Gasteiger partial charge in [0.1, 0.15) is 11.5 Å². The van der Waals surface area contributed by atoms with Crippen LogP contribution in [0, 0.1) is 19.8 Å². The second-order valence-electron chi connectivity index (χ2n) is 13.9. The molecule has 2 aliphatic carbocycles. The second-order valence-corrected chi connectivity index (χ2v) is 13.9. The molecule has 44 heavy (non-hydrogen) atoms. The molecule has 2 aromatic carbocycles. The average molecular weight is 652 g/mol. The van der Waals surface area contributed by atoms with Gasteiger partial charge in [-0.3, -0.25) is 9.98 Å². The first-order valence-corrected chi connectivity index (χ1v) is 14.8. The van der Waals surface area contributed by atoms with E-state index in [9.17, 15) is 10.2 Å². The fraction of sp³-hybridized carbons (Fsp3) is 0.543. The quantitative estimate of drug-likeness (QED) is 0.460. The maximum atomic E-state index is 10.7. The zero-order chi connectivity index (χ0) is 32.9. The molecule has 0 saturated heterocycles. The van der Waals surface area contributed by atoms with Crippen LogP contribution in [0.1, 0.15) is 114 Å². The Bertz CT molecular complexity index is 1370. The molecule has 4 rings (SSSR count). The Morgan fingerprint density at radius 1 is 0.841 bits per heavy atom. The van der Waals surface area contributed by atoms with Crippen molar-refractivity contribution in [1.29, 1.82) is 0 Å². The molecule has 0 aliphatic heterocycles. The standard InChI is InChI=1S/C31H42N2O2.2C2H4O2.Co/c1-19-11-24(29(3,4)5)14-22(27(19)34)17-32-26-13-21-9-10-31(26,16-21)33-18-23-15-25(30(6,7)8)12-20(2)28(23)35;2*1-2(3)4;/h11-12,14-15,17-18,21,26,34-35H,9-10,13,16H2,1-8H3;2*1H3,(H,3,4);/q;;;+2/p-2. The number of fused-ring (bicyclic) bond motifs is 2. The number of carboxylic acids is 2. The van der Waals surface area contributed by atoms with Crippen LogP contribution in [-0.2, 0) is 37.2 Å². The Kier molecular flexibility index (Phi) is 13.4. The fourth-order valence-electron chi connectivity index (χ4n) is 5.64. The van der Waals surface area contributed by atoms with Crippen LogP contribution >= 0.6 is 0 Å². The predicted molar refractivity (Wildman–Crippen MR) is 168 cm³/mol. The average Bonchev–Trinajstić information content (AvgIpc) is 3.42. The molecular weight excluding hydrogens is 603 g/mol. The van der Waals surface area contributed by atoms with Crippen molar-refractivity contribution < 1.29 is 46.8 Å². The molecule has 8 nitrogen and oxygen atoms in total. The van der Waals surface area contributed by atoms with E-state index in [1.54, 1.807) is 0 Å². The van der Waals surface area contributed by atoms with Gasteiger partial charge in [0.2, 0.25) is 0 Å². The number of aliphatic carboxylic acids is 2. The van der Waals surface area contributed by atoms with Crippen molar-refractivity contribution in [2.24, 2.45) is 15.9 Å². The number of carboxylic acid groups (broad SMARTS) is 2. The molecule has 2 bridgehead atoms. The zero-order valence-electron chi connectivity index (χ0n) is 27.7. The number of nitrogens with zero attached hydrogens (tertiary/aromatic N) is 2. The number of aryl methyl sites for hydroxylation is 2. The Morgan fingerprint density at radius 2 is 1.25 bits per heavy atom. The summed E-state index contributed by atoms with van der Waals surface area (Å²) in [7, 11) is 0. The number of carbonyl (C=O) groups is 2. The van der Waals surface area contributed by atoms with E-state index in [1.807, 2.05) is 26.3 Å². The SMILES string of the molecule is CC(=O)[O-].CC(=O)[O-].Cc1cc(C(C)(C)C)cc(C=NC2CC3CCC2(N=Cc2cc(C(C)(C)C)cc(C)c2O)C3)c1O.[Co+2]. The van der Waals surface area contributed by atoms with Gasteiger partial charge in [-0.25, -0.2) is 0 Å². The third-order valence-corrected chi connectivity index (χ3v) is 8.05. The summed E-state index contributed by atoms with van der Waals surface area (Å²) < 4.78 is 0. The fourth-order valence-corrected chi connectivity index (χ4v) is 5.64. The number of aliphatic imine (C=N–C) groups is 2. The molecule has 1 radical (unpaired) electrons. The molecule has 0 amide bonds.